The van der Waals surface area contributed by atoms with E-state index in [9.17, 15) is 9.59 Å². The number of rotatable bonds is 7. The lowest BCUT2D eigenvalue weighted by Crippen LogP contribution is -2.49. The number of methoxy groups -OCH3 is 1. The normalized spacial score (nSPS) is 14.5. The lowest BCUT2D eigenvalue weighted by molar-refractivity contribution is -0.135. The molecule has 0 bridgehead atoms. The number of hydrogen-bond donors (Lipinski definition) is 2. The van der Waals surface area contributed by atoms with Gasteiger partial charge in [-0.2, -0.15) is 5.26 Å². The van der Waals surface area contributed by atoms with Crippen molar-refractivity contribution in [1.82, 2.24) is 5.32 Å². The topological polar surface area (TPSA) is 105 Å². The van der Waals surface area contributed by atoms with E-state index in [0.717, 1.165) is 0 Å². The highest BCUT2D eigenvalue weighted by Gasteiger charge is 2.28. The third-order valence-electron chi connectivity index (χ3n) is 3.16. The summed E-state index contributed by atoms with van der Waals surface area (Å²) < 4.78 is 5.19. The van der Waals surface area contributed by atoms with Gasteiger partial charge in [-0.15, -0.1) is 0 Å². The van der Waals surface area contributed by atoms with Crippen LogP contribution in [-0.4, -0.2) is 25.0 Å². The Morgan fingerprint density at radius 3 is 2.48 bits per heavy atom. The van der Waals surface area contributed by atoms with Gasteiger partial charge in [0.05, 0.1) is 6.07 Å². The maximum absolute atomic E-state index is 12.3. The number of nitriles is 1. The van der Waals surface area contributed by atoms with E-state index in [1.807, 2.05) is 12.1 Å². The van der Waals surface area contributed by atoms with Crippen molar-refractivity contribution in [2.24, 2.45) is 11.7 Å². The number of nitrogens with two attached hydrogens (primary N) is 1. The van der Waals surface area contributed by atoms with Crippen LogP contribution in [0.25, 0.3) is 0 Å². The maximum Gasteiger partial charge on any atom is 0.254 e. The van der Waals surface area contributed by atoms with Crippen LogP contribution in [0.2, 0.25) is 0 Å². The van der Waals surface area contributed by atoms with E-state index in [-0.39, 0.29) is 12.3 Å². The van der Waals surface area contributed by atoms with Crippen LogP contribution in [0.3, 0.4) is 0 Å². The van der Waals surface area contributed by atoms with Gasteiger partial charge in [0.2, 0.25) is 5.91 Å². The van der Waals surface area contributed by atoms with Crippen molar-refractivity contribution >= 4 is 11.8 Å². The number of ether oxygens (including phenoxy) is 1. The van der Waals surface area contributed by atoms with Gasteiger partial charge in [-0.05, 0) is 11.5 Å². The summed E-state index contributed by atoms with van der Waals surface area (Å²) in [7, 11) is 1.41. The molecule has 2 amide bonds. The van der Waals surface area contributed by atoms with Crippen LogP contribution in [0.4, 0.5) is 0 Å². The molecule has 6 heteroatoms. The third kappa shape index (κ3) is 4.58. The van der Waals surface area contributed by atoms with Crippen LogP contribution >= 0.6 is 0 Å². The lowest BCUT2D eigenvalue weighted by Gasteiger charge is -2.23. The molecule has 0 unspecified atom stereocenters. The highest BCUT2D eigenvalue weighted by atomic mass is 16.5. The van der Waals surface area contributed by atoms with E-state index < -0.39 is 24.0 Å². The van der Waals surface area contributed by atoms with Crippen molar-refractivity contribution in [3.63, 3.8) is 0 Å². The van der Waals surface area contributed by atoms with Crippen molar-refractivity contribution in [3.8, 4) is 6.07 Å². The Balaban J connectivity index is 2.85. The maximum atomic E-state index is 12.3. The van der Waals surface area contributed by atoms with Crippen molar-refractivity contribution in [2.75, 3.05) is 7.11 Å². The molecule has 0 fully saturated rings. The molecule has 0 aliphatic carbocycles. The van der Waals surface area contributed by atoms with Crippen LogP contribution in [0.1, 0.15) is 25.0 Å². The summed E-state index contributed by atoms with van der Waals surface area (Å²) in [6.07, 6.45) is -0.709. The van der Waals surface area contributed by atoms with Gasteiger partial charge < -0.3 is 15.8 Å². The molecule has 0 saturated carbocycles. The van der Waals surface area contributed by atoms with E-state index in [4.69, 9.17) is 15.7 Å². The first-order valence-electron chi connectivity index (χ1n) is 6.55. The Kier molecular flexibility index (Phi) is 6.37. The third-order valence-corrected chi connectivity index (χ3v) is 3.16. The van der Waals surface area contributed by atoms with Crippen LogP contribution in [0.15, 0.2) is 30.3 Å². The van der Waals surface area contributed by atoms with Gasteiger partial charge >= 0.3 is 0 Å². The predicted molar refractivity (Wildman–Crippen MR) is 76.7 cm³/mol. The van der Waals surface area contributed by atoms with Crippen LogP contribution < -0.4 is 11.1 Å². The second kappa shape index (κ2) is 8.02. The highest BCUT2D eigenvalue weighted by Crippen LogP contribution is 2.17. The molecule has 21 heavy (non-hydrogen) atoms. The van der Waals surface area contributed by atoms with Crippen LogP contribution in [-0.2, 0) is 14.3 Å². The fourth-order valence-corrected chi connectivity index (χ4v) is 2.01. The molecule has 1 aromatic carbocycles. The number of hydrogen-bond acceptors (Lipinski definition) is 4. The number of primary amides is 1. The minimum absolute atomic E-state index is 0.122. The Labute approximate surface area is 123 Å². The predicted octanol–water partition coefficient (Wildman–Crippen LogP) is 0.894. The van der Waals surface area contributed by atoms with Crippen molar-refractivity contribution < 1.29 is 14.3 Å². The Morgan fingerprint density at radius 1 is 1.38 bits per heavy atom. The molecular formula is C15H19N3O3. The molecule has 3 atom stereocenters. The van der Waals surface area contributed by atoms with E-state index in [1.54, 1.807) is 31.2 Å². The molecular weight excluding hydrogens is 270 g/mol. The highest BCUT2D eigenvalue weighted by molar-refractivity contribution is 5.89. The summed E-state index contributed by atoms with van der Waals surface area (Å²) in [5, 5.41) is 11.3. The van der Waals surface area contributed by atoms with Gasteiger partial charge in [0.25, 0.3) is 5.91 Å². The zero-order chi connectivity index (χ0) is 15.8. The van der Waals surface area contributed by atoms with Gasteiger partial charge in [0.1, 0.15) is 6.04 Å². The smallest absolute Gasteiger partial charge is 0.254 e. The summed E-state index contributed by atoms with van der Waals surface area (Å²) in [6.45, 7) is 1.68. The minimum atomic E-state index is -0.904. The molecule has 1 rings (SSSR count). The zero-order valence-corrected chi connectivity index (χ0v) is 12.1. The summed E-state index contributed by atoms with van der Waals surface area (Å²) in [4.78, 5) is 23.7. The van der Waals surface area contributed by atoms with Gasteiger partial charge in [0.15, 0.2) is 6.10 Å². The fraction of sp³-hybridized carbons (Fsp3) is 0.400. The first-order chi connectivity index (χ1) is 10.0. The molecule has 0 spiro atoms. The minimum Gasteiger partial charge on any atom is -0.368 e. The summed E-state index contributed by atoms with van der Waals surface area (Å²) in [6, 6.07) is 9.98. The number of carbonyl (C=O) groups is 2. The Hall–Kier alpha value is -2.39. The van der Waals surface area contributed by atoms with Gasteiger partial charge in [-0.3, -0.25) is 9.59 Å². The molecule has 0 radical (unpaired) electrons. The summed E-state index contributed by atoms with van der Waals surface area (Å²) >= 11 is 0. The molecule has 1 aromatic rings. The quantitative estimate of drug-likeness (QED) is 0.777. The monoisotopic (exact) mass is 289 g/mol. The first kappa shape index (κ1) is 16.7. The average molecular weight is 289 g/mol. The number of amides is 2. The fourth-order valence-electron chi connectivity index (χ4n) is 2.01. The number of nitrogens with one attached hydrogen (secondary N) is 1. The zero-order valence-electron chi connectivity index (χ0n) is 12.1. The Morgan fingerprint density at radius 2 is 2.00 bits per heavy atom. The van der Waals surface area contributed by atoms with Crippen LogP contribution in [0, 0.1) is 17.2 Å². The lowest BCUT2D eigenvalue weighted by atomic mass is 9.97. The van der Waals surface area contributed by atoms with Crippen LogP contribution in [0.5, 0.6) is 0 Å². The van der Waals surface area contributed by atoms with Gasteiger partial charge in [-0.1, -0.05) is 37.3 Å². The number of benzene rings is 1. The molecule has 0 aromatic heterocycles. The molecule has 0 aliphatic rings. The summed E-state index contributed by atoms with van der Waals surface area (Å²) in [5.41, 5.74) is 5.97. The van der Waals surface area contributed by atoms with Crippen molar-refractivity contribution in [3.05, 3.63) is 35.9 Å². The molecule has 6 nitrogen and oxygen atoms in total. The van der Waals surface area contributed by atoms with E-state index in [2.05, 4.69) is 5.32 Å². The SMILES string of the molecule is CO[C@H](C(=O)N[C@H](C(N)=O)[C@H](C)CC#N)c1ccccc1. The van der Waals surface area contributed by atoms with E-state index in [0.29, 0.717) is 5.56 Å². The molecule has 0 saturated heterocycles. The van der Waals surface area contributed by atoms with Crippen molar-refractivity contribution in [1.29, 1.82) is 5.26 Å². The largest absolute Gasteiger partial charge is 0.368 e. The average Bonchev–Trinajstić information content (AvgIpc) is 2.46. The summed E-state index contributed by atoms with van der Waals surface area (Å²) in [5.74, 6) is -1.50. The van der Waals surface area contributed by atoms with E-state index in [1.165, 1.54) is 7.11 Å². The van der Waals surface area contributed by atoms with Crippen molar-refractivity contribution in [2.45, 2.75) is 25.5 Å². The standard InChI is InChI=1S/C15H19N3O3/c1-10(8-9-16)12(14(17)19)18-15(20)13(21-2)11-6-4-3-5-7-11/h3-7,10,12-13H,8H2,1-2H3,(H2,17,19)(H,18,20)/t10-,12+,13+/m1/s1. The second-order valence-corrected chi connectivity index (χ2v) is 4.75. The Bertz CT molecular complexity index is 525. The second-order valence-electron chi connectivity index (χ2n) is 4.75. The van der Waals surface area contributed by atoms with E-state index >= 15 is 0 Å². The number of carbonyl (C=O) groups excluding carboxylic acids is 2. The molecule has 0 heterocycles. The first-order valence-corrected chi connectivity index (χ1v) is 6.55. The number of nitrogens with zero attached hydrogens (tertiary/aromatic N) is 1. The molecule has 3 N–H and O–H groups in total. The molecule has 112 valence electrons. The van der Waals surface area contributed by atoms with Gasteiger partial charge in [-0.25, -0.2) is 0 Å². The molecule has 0 aliphatic heterocycles. The van der Waals surface area contributed by atoms with Gasteiger partial charge in [0, 0.05) is 13.5 Å².